The number of benzene rings is 1. The topological polar surface area (TPSA) is 75.9 Å². The van der Waals surface area contributed by atoms with Crippen LogP contribution < -0.4 is 5.32 Å². The molecule has 29 heavy (non-hydrogen) atoms. The van der Waals surface area contributed by atoms with Crippen LogP contribution >= 0.6 is 0 Å². The maximum atomic E-state index is 12.6. The highest BCUT2D eigenvalue weighted by atomic mass is 19.3. The van der Waals surface area contributed by atoms with Crippen LogP contribution in [0.4, 0.5) is 14.6 Å². The number of carbonyl (C=O) groups excluding carboxylic acids is 1. The van der Waals surface area contributed by atoms with Crippen molar-refractivity contribution in [2.24, 2.45) is 13.0 Å². The Labute approximate surface area is 166 Å². The lowest BCUT2D eigenvalue weighted by atomic mass is 9.96. The van der Waals surface area contributed by atoms with Crippen molar-refractivity contribution in [2.45, 2.75) is 19.3 Å². The number of nitrogens with zero attached hydrogens (tertiary/aromatic N) is 5. The van der Waals surface area contributed by atoms with Gasteiger partial charge in [0.05, 0.1) is 18.4 Å². The molecule has 1 fully saturated rings. The Hall–Kier alpha value is -2.94. The maximum Gasteiger partial charge on any atom is 0.251 e. The number of alkyl halides is 2. The second-order valence-corrected chi connectivity index (χ2v) is 7.33. The number of piperidine rings is 1. The molecule has 2 aromatic heterocycles. The maximum absolute atomic E-state index is 12.6. The number of hydrogen-bond donors (Lipinski definition) is 1. The number of aryl methyl sites for hydroxylation is 1. The minimum atomic E-state index is -2.34. The van der Waals surface area contributed by atoms with Gasteiger partial charge in [0, 0.05) is 30.1 Å². The summed E-state index contributed by atoms with van der Waals surface area (Å²) in [5.41, 5.74) is 1.87. The van der Waals surface area contributed by atoms with E-state index in [0.717, 1.165) is 22.0 Å². The zero-order chi connectivity index (χ0) is 20.4. The molecule has 1 aromatic carbocycles. The SMILES string of the molecule is Cn1nncc1-c1ccc2cnc(NC(=O)C3CCN(CC(F)F)CC3)cc2c1. The summed E-state index contributed by atoms with van der Waals surface area (Å²) in [6.45, 7) is 0.792. The molecule has 7 nitrogen and oxygen atoms in total. The van der Waals surface area contributed by atoms with Crippen LogP contribution in [0.3, 0.4) is 0 Å². The fraction of sp³-hybridized carbons (Fsp3) is 0.400. The number of nitrogens with one attached hydrogen (secondary N) is 1. The Balaban J connectivity index is 1.45. The molecule has 0 bridgehead atoms. The van der Waals surface area contributed by atoms with Crippen LogP contribution in [0.1, 0.15) is 12.8 Å². The second-order valence-electron chi connectivity index (χ2n) is 7.33. The third-order valence-corrected chi connectivity index (χ3v) is 5.34. The van der Waals surface area contributed by atoms with E-state index in [2.05, 4.69) is 20.6 Å². The van der Waals surface area contributed by atoms with Crippen LogP contribution in [-0.4, -0.2) is 56.8 Å². The van der Waals surface area contributed by atoms with Crippen LogP contribution in [-0.2, 0) is 11.8 Å². The van der Waals surface area contributed by atoms with Crippen LogP contribution in [0.2, 0.25) is 0 Å². The molecule has 1 saturated heterocycles. The summed E-state index contributed by atoms with van der Waals surface area (Å²) in [5, 5.41) is 12.6. The summed E-state index contributed by atoms with van der Waals surface area (Å²) < 4.78 is 26.7. The van der Waals surface area contributed by atoms with Crippen molar-refractivity contribution >= 4 is 22.5 Å². The number of hydrogen-bond acceptors (Lipinski definition) is 5. The van der Waals surface area contributed by atoms with Crippen molar-refractivity contribution in [1.82, 2.24) is 24.9 Å². The summed E-state index contributed by atoms with van der Waals surface area (Å²) in [6, 6.07) is 7.80. The first-order chi connectivity index (χ1) is 14.0. The molecule has 1 aliphatic heterocycles. The van der Waals surface area contributed by atoms with Crippen molar-refractivity contribution in [1.29, 1.82) is 0 Å². The number of amides is 1. The molecule has 0 unspecified atom stereocenters. The minimum Gasteiger partial charge on any atom is -0.310 e. The summed E-state index contributed by atoms with van der Waals surface area (Å²) in [7, 11) is 1.83. The number of carbonyl (C=O) groups is 1. The Morgan fingerprint density at radius 3 is 2.69 bits per heavy atom. The standard InChI is InChI=1S/C20H22F2N6O/c1-27-17(11-24-26-27)14-2-3-15-10-23-19(9-16(15)8-14)25-20(29)13-4-6-28(7-5-13)12-18(21)22/h2-3,8-11,13,18H,4-7,12H2,1H3,(H,23,25,29). The molecule has 1 amide bonds. The first-order valence-electron chi connectivity index (χ1n) is 9.56. The highest BCUT2D eigenvalue weighted by Crippen LogP contribution is 2.25. The highest BCUT2D eigenvalue weighted by Gasteiger charge is 2.26. The van der Waals surface area contributed by atoms with Gasteiger partial charge in [-0.2, -0.15) is 0 Å². The van der Waals surface area contributed by atoms with Crippen LogP contribution in [0.25, 0.3) is 22.0 Å². The molecule has 0 atom stereocenters. The van der Waals surface area contributed by atoms with E-state index in [1.807, 2.05) is 31.3 Å². The molecule has 152 valence electrons. The zero-order valence-electron chi connectivity index (χ0n) is 16.1. The quantitative estimate of drug-likeness (QED) is 0.713. The van der Waals surface area contributed by atoms with E-state index in [1.165, 1.54) is 0 Å². The second kappa shape index (κ2) is 8.20. The first kappa shape index (κ1) is 19.4. The van der Waals surface area contributed by atoms with Gasteiger partial charge in [-0.1, -0.05) is 17.3 Å². The number of aromatic nitrogens is 4. The predicted octanol–water partition coefficient (Wildman–Crippen LogP) is 2.95. The normalized spacial score (nSPS) is 15.9. The van der Waals surface area contributed by atoms with Gasteiger partial charge in [0.2, 0.25) is 5.91 Å². The molecule has 0 radical (unpaired) electrons. The summed E-state index contributed by atoms with van der Waals surface area (Å²) in [6.07, 6.45) is 2.23. The largest absolute Gasteiger partial charge is 0.310 e. The molecule has 4 rings (SSSR count). The van der Waals surface area contributed by atoms with Gasteiger partial charge in [0.25, 0.3) is 6.43 Å². The van der Waals surface area contributed by atoms with E-state index in [1.54, 1.807) is 22.0 Å². The van der Waals surface area contributed by atoms with Gasteiger partial charge in [-0.25, -0.2) is 18.4 Å². The van der Waals surface area contributed by atoms with Crippen molar-refractivity contribution in [2.75, 3.05) is 25.0 Å². The van der Waals surface area contributed by atoms with Gasteiger partial charge in [0.15, 0.2) is 0 Å². The fourth-order valence-electron chi connectivity index (χ4n) is 3.72. The third-order valence-electron chi connectivity index (χ3n) is 5.34. The Morgan fingerprint density at radius 1 is 1.21 bits per heavy atom. The zero-order valence-corrected chi connectivity index (χ0v) is 16.1. The molecule has 0 spiro atoms. The fourth-order valence-corrected chi connectivity index (χ4v) is 3.72. The number of pyridine rings is 1. The molecule has 3 heterocycles. The van der Waals surface area contributed by atoms with Crippen LogP contribution in [0.15, 0.2) is 36.7 Å². The van der Waals surface area contributed by atoms with E-state index < -0.39 is 6.43 Å². The van der Waals surface area contributed by atoms with E-state index in [-0.39, 0.29) is 18.4 Å². The van der Waals surface area contributed by atoms with Crippen molar-refractivity contribution < 1.29 is 13.6 Å². The van der Waals surface area contributed by atoms with Gasteiger partial charge in [-0.15, -0.1) is 5.10 Å². The van der Waals surface area contributed by atoms with Crippen molar-refractivity contribution in [3.05, 3.63) is 36.7 Å². The first-order valence-corrected chi connectivity index (χ1v) is 9.56. The van der Waals surface area contributed by atoms with E-state index in [0.29, 0.717) is 31.7 Å². The number of anilines is 1. The molecule has 1 aliphatic rings. The van der Waals surface area contributed by atoms with Crippen LogP contribution in [0.5, 0.6) is 0 Å². The molecular formula is C20H22F2N6O. The van der Waals surface area contributed by atoms with Gasteiger partial charge in [-0.3, -0.25) is 9.69 Å². The summed E-state index contributed by atoms with van der Waals surface area (Å²) >= 11 is 0. The van der Waals surface area contributed by atoms with Crippen molar-refractivity contribution in [3.8, 4) is 11.3 Å². The number of halogens is 2. The average molecular weight is 400 g/mol. The van der Waals surface area contributed by atoms with E-state index in [4.69, 9.17) is 0 Å². The number of likely N-dealkylation sites (tertiary alicyclic amines) is 1. The molecule has 0 saturated carbocycles. The smallest absolute Gasteiger partial charge is 0.251 e. The average Bonchev–Trinajstić information content (AvgIpc) is 3.13. The lowest BCUT2D eigenvalue weighted by Gasteiger charge is -2.30. The molecule has 9 heteroatoms. The third kappa shape index (κ3) is 4.40. The molecule has 1 N–H and O–H groups in total. The van der Waals surface area contributed by atoms with Gasteiger partial charge in [0.1, 0.15) is 5.82 Å². The van der Waals surface area contributed by atoms with Crippen LogP contribution in [0, 0.1) is 5.92 Å². The lowest BCUT2D eigenvalue weighted by Crippen LogP contribution is -2.40. The molecular weight excluding hydrogens is 378 g/mol. The van der Waals surface area contributed by atoms with Gasteiger partial charge < -0.3 is 5.32 Å². The monoisotopic (exact) mass is 400 g/mol. The Bertz CT molecular complexity index is 1010. The van der Waals surface area contributed by atoms with E-state index >= 15 is 0 Å². The lowest BCUT2D eigenvalue weighted by molar-refractivity contribution is -0.121. The van der Waals surface area contributed by atoms with Gasteiger partial charge >= 0.3 is 0 Å². The molecule has 0 aliphatic carbocycles. The van der Waals surface area contributed by atoms with E-state index in [9.17, 15) is 13.6 Å². The minimum absolute atomic E-state index is 0.111. The summed E-state index contributed by atoms with van der Waals surface area (Å²) in [5.74, 6) is 0.187. The predicted molar refractivity (Wildman–Crippen MR) is 106 cm³/mol. The van der Waals surface area contributed by atoms with Crippen molar-refractivity contribution in [3.63, 3.8) is 0 Å². The van der Waals surface area contributed by atoms with Gasteiger partial charge in [-0.05, 0) is 43.5 Å². The highest BCUT2D eigenvalue weighted by molar-refractivity contribution is 5.95. The summed E-state index contributed by atoms with van der Waals surface area (Å²) in [4.78, 5) is 18.6. The number of rotatable bonds is 5. The molecule has 3 aromatic rings. The Kier molecular flexibility index (Phi) is 5.48. The number of fused-ring (bicyclic) bond motifs is 1. The Morgan fingerprint density at radius 2 is 2.00 bits per heavy atom.